The highest BCUT2D eigenvalue weighted by atomic mass is 35.5. The van der Waals surface area contributed by atoms with Gasteiger partial charge in [-0.25, -0.2) is 4.79 Å². The molecule has 0 aliphatic heterocycles. The number of halogens is 1. The topological polar surface area (TPSA) is 60.7 Å². The van der Waals surface area contributed by atoms with Gasteiger partial charge in [-0.3, -0.25) is 0 Å². The number of aromatic nitrogens is 2. The van der Waals surface area contributed by atoms with Crippen molar-refractivity contribution in [2.45, 2.75) is 13.0 Å². The molecule has 0 radical (unpaired) electrons. The summed E-state index contributed by atoms with van der Waals surface area (Å²) in [6.07, 6.45) is 0. The fraction of sp³-hybridized carbons (Fsp3) is 0.133. The lowest BCUT2D eigenvalue weighted by atomic mass is 10.1. The van der Waals surface area contributed by atoms with Crippen molar-refractivity contribution in [1.82, 2.24) is 9.97 Å². The van der Waals surface area contributed by atoms with Crippen molar-refractivity contribution in [3.63, 3.8) is 0 Å². The SMILES string of the molecule is CC(Nc1cccc(Cl)c1)c1ccc2[nH]c(=O)[nH]c2c1. The second-order valence-electron chi connectivity index (χ2n) is 4.76. The van der Waals surface area contributed by atoms with E-state index in [1.807, 2.05) is 42.5 Å². The third-order valence-corrected chi connectivity index (χ3v) is 3.48. The summed E-state index contributed by atoms with van der Waals surface area (Å²) in [4.78, 5) is 16.8. The van der Waals surface area contributed by atoms with Gasteiger partial charge in [-0.1, -0.05) is 23.7 Å². The van der Waals surface area contributed by atoms with Gasteiger partial charge in [0.1, 0.15) is 0 Å². The minimum atomic E-state index is -0.187. The minimum Gasteiger partial charge on any atom is -0.378 e. The molecule has 0 fully saturated rings. The number of hydrogen-bond acceptors (Lipinski definition) is 2. The Morgan fingerprint density at radius 2 is 1.90 bits per heavy atom. The van der Waals surface area contributed by atoms with Crippen LogP contribution in [0.15, 0.2) is 47.3 Å². The Labute approximate surface area is 120 Å². The highest BCUT2D eigenvalue weighted by Crippen LogP contribution is 2.23. The van der Waals surface area contributed by atoms with E-state index in [9.17, 15) is 4.79 Å². The Kier molecular flexibility index (Phi) is 3.24. The van der Waals surface area contributed by atoms with E-state index in [0.29, 0.717) is 5.02 Å². The van der Waals surface area contributed by atoms with Crippen molar-refractivity contribution >= 4 is 28.3 Å². The number of anilines is 1. The lowest BCUT2D eigenvalue weighted by Crippen LogP contribution is -2.06. The van der Waals surface area contributed by atoms with E-state index in [1.54, 1.807) is 0 Å². The fourth-order valence-electron chi connectivity index (χ4n) is 2.23. The molecule has 0 spiro atoms. The number of imidazole rings is 1. The molecule has 1 aromatic heterocycles. The molecular weight excluding hydrogens is 274 g/mol. The lowest BCUT2D eigenvalue weighted by Gasteiger charge is -2.16. The second-order valence-corrected chi connectivity index (χ2v) is 5.20. The van der Waals surface area contributed by atoms with Gasteiger partial charge in [-0.05, 0) is 42.8 Å². The summed E-state index contributed by atoms with van der Waals surface area (Å²) in [5, 5.41) is 4.09. The van der Waals surface area contributed by atoms with Gasteiger partial charge in [-0.2, -0.15) is 0 Å². The average molecular weight is 288 g/mol. The van der Waals surface area contributed by atoms with Crippen molar-refractivity contribution < 1.29 is 0 Å². The van der Waals surface area contributed by atoms with Crippen LogP contribution in [0.1, 0.15) is 18.5 Å². The molecule has 5 heteroatoms. The van der Waals surface area contributed by atoms with Crippen molar-refractivity contribution in [2.24, 2.45) is 0 Å². The monoisotopic (exact) mass is 287 g/mol. The molecule has 0 saturated heterocycles. The Morgan fingerprint density at radius 1 is 1.10 bits per heavy atom. The van der Waals surface area contributed by atoms with Gasteiger partial charge in [0.25, 0.3) is 0 Å². The summed E-state index contributed by atoms with van der Waals surface area (Å²) >= 11 is 5.97. The number of H-pyrrole nitrogens is 2. The van der Waals surface area contributed by atoms with Crippen molar-refractivity contribution in [2.75, 3.05) is 5.32 Å². The predicted molar refractivity (Wildman–Crippen MR) is 82.4 cm³/mol. The number of hydrogen-bond donors (Lipinski definition) is 3. The maximum absolute atomic E-state index is 11.3. The van der Waals surface area contributed by atoms with Gasteiger partial charge in [-0.15, -0.1) is 0 Å². The molecule has 102 valence electrons. The van der Waals surface area contributed by atoms with Gasteiger partial charge in [0.05, 0.1) is 11.0 Å². The first-order chi connectivity index (χ1) is 9.61. The molecule has 3 N–H and O–H groups in total. The second kappa shape index (κ2) is 5.06. The summed E-state index contributed by atoms with van der Waals surface area (Å²) in [5.41, 5.74) is 3.49. The summed E-state index contributed by atoms with van der Waals surface area (Å²) < 4.78 is 0. The van der Waals surface area contributed by atoms with E-state index in [-0.39, 0.29) is 11.7 Å². The first-order valence-electron chi connectivity index (χ1n) is 6.36. The van der Waals surface area contributed by atoms with E-state index in [4.69, 9.17) is 11.6 Å². The summed E-state index contributed by atoms with van der Waals surface area (Å²) in [7, 11) is 0. The van der Waals surface area contributed by atoms with Gasteiger partial charge >= 0.3 is 5.69 Å². The number of aromatic amines is 2. The molecule has 0 aliphatic carbocycles. The summed E-state index contributed by atoms with van der Waals surface area (Å²) in [6.45, 7) is 2.06. The van der Waals surface area contributed by atoms with Crippen LogP contribution in [0.4, 0.5) is 5.69 Å². The van der Waals surface area contributed by atoms with Crippen LogP contribution < -0.4 is 11.0 Å². The van der Waals surface area contributed by atoms with Crippen LogP contribution in [0.25, 0.3) is 11.0 Å². The molecule has 0 amide bonds. The molecule has 3 aromatic rings. The van der Waals surface area contributed by atoms with Crippen LogP contribution in [0.3, 0.4) is 0 Å². The van der Waals surface area contributed by atoms with E-state index in [2.05, 4.69) is 22.2 Å². The average Bonchev–Trinajstić information content (AvgIpc) is 2.77. The zero-order valence-electron chi connectivity index (χ0n) is 10.9. The lowest BCUT2D eigenvalue weighted by molar-refractivity contribution is 0.886. The summed E-state index contributed by atoms with van der Waals surface area (Å²) in [5.74, 6) is 0. The van der Waals surface area contributed by atoms with Crippen LogP contribution in [0.2, 0.25) is 5.02 Å². The van der Waals surface area contributed by atoms with Crippen LogP contribution in [0.5, 0.6) is 0 Å². The Hall–Kier alpha value is -2.20. The molecule has 0 aliphatic rings. The Bertz CT molecular complexity index is 806. The van der Waals surface area contributed by atoms with Crippen molar-refractivity contribution in [3.8, 4) is 0 Å². The molecule has 20 heavy (non-hydrogen) atoms. The normalized spacial score (nSPS) is 12.5. The molecule has 0 saturated carbocycles. The van der Waals surface area contributed by atoms with Crippen LogP contribution >= 0.6 is 11.6 Å². The van der Waals surface area contributed by atoms with Crippen LogP contribution in [0, 0.1) is 0 Å². The maximum atomic E-state index is 11.3. The molecule has 0 bridgehead atoms. The van der Waals surface area contributed by atoms with Crippen LogP contribution in [-0.2, 0) is 0 Å². The third-order valence-electron chi connectivity index (χ3n) is 3.25. The fourth-order valence-corrected chi connectivity index (χ4v) is 2.42. The van der Waals surface area contributed by atoms with Gasteiger partial charge in [0.2, 0.25) is 0 Å². The standard InChI is InChI=1S/C15H14ClN3O/c1-9(17-12-4-2-3-11(16)8-12)10-5-6-13-14(7-10)19-15(20)18-13/h2-9,17H,1H3,(H2,18,19,20). The molecule has 1 unspecified atom stereocenters. The van der Waals surface area contributed by atoms with Crippen LogP contribution in [-0.4, -0.2) is 9.97 Å². The third kappa shape index (κ3) is 2.56. The molecule has 3 rings (SSSR count). The summed E-state index contributed by atoms with van der Waals surface area (Å²) in [6, 6.07) is 13.6. The number of benzene rings is 2. The number of fused-ring (bicyclic) bond motifs is 1. The number of rotatable bonds is 3. The first kappa shape index (κ1) is 12.8. The van der Waals surface area contributed by atoms with Crippen molar-refractivity contribution in [1.29, 1.82) is 0 Å². The predicted octanol–water partition coefficient (Wildman–Crippen LogP) is 3.68. The molecule has 4 nitrogen and oxygen atoms in total. The van der Waals surface area contributed by atoms with E-state index in [0.717, 1.165) is 22.3 Å². The molecule has 1 heterocycles. The van der Waals surface area contributed by atoms with Gasteiger partial charge in [0, 0.05) is 16.8 Å². The van der Waals surface area contributed by atoms with Gasteiger partial charge in [0.15, 0.2) is 0 Å². The van der Waals surface area contributed by atoms with E-state index in [1.165, 1.54) is 0 Å². The van der Waals surface area contributed by atoms with E-state index >= 15 is 0 Å². The first-order valence-corrected chi connectivity index (χ1v) is 6.74. The van der Waals surface area contributed by atoms with Gasteiger partial charge < -0.3 is 15.3 Å². The zero-order chi connectivity index (χ0) is 14.1. The Balaban J connectivity index is 1.88. The molecule has 1 atom stereocenters. The highest BCUT2D eigenvalue weighted by molar-refractivity contribution is 6.30. The van der Waals surface area contributed by atoms with Crippen molar-refractivity contribution in [3.05, 3.63) is 63.5 Å². The smallest absolute Gasteiger partial charge is 0.323 e. The Morgan fingerprint density at radius 3 is 2.70 bits per heavy atom. The maximum Gasteiger partial charge on any atom is 0.323 e. The highest BCUT2D eigenvalue weighted by Gasteiger charge is 2.07. The minimum absolute atomic E-state index is 0.108. The molecular formula is C15H14ClN3O. The van der Waals surface area contributed by atoms with E-state index < -0.39 is 0 Å². The largest absolute Gasteiger partial charge is 0.378 e. The number of nitrogens with one attached hydrogen (secondary N) is 3. The zero-order valence-corrected chi connectivity index (χ0v) is 11.7. The molecule has 2 aromatic carbocycles. The quantitative estimate of drug-likeness (QED) is 0.688.